The molecule has 0 aromatic heterocycles. The first-order valence-corrected chi connectivity index (χ1v) is 7.98. The van der Waals surface area contributed by atoms with Crippen molar-refractivity contribution in [1.82, 2.24) is 0 Å². The van der Waals surface area contributed by atoms with Gasteiger partial charge in [0.05, 0.1) is 12.3 Å². The topological polar surface area (TPSA) is 73.6 Å². The summed E-state index contributed by atoms with van der Waals surface area (Å²) in [6, 6.07) is 7.67. The SMILES string of the molecule is COCCCOc1ccccc1NC(=O)C1CCCC(N)C1.Cl. The van der Waals surface area contributed by atoms with Gasteiger partial charge in [-0.3, -0.25) is 4.79 Å². The summed E-state index contributed by atoms with van der Waals surface area (Å²) in [6.45, 7) is 1.23. The van der Waals surface area contributed by atoms with Crippen molar-refractivity contribution in [3.8, 4) is 5.75 Å². The van der Waals surface area contributed by atoms with Crippen LogP contribution in [0.4, 0.5) is 5.69 Å². The van der Waals surface area contributed by atoms with E-state index in [9.17, 15) is 4.79 Å². The normalized spacial score (nSPS) is 20.4. The summed E-state index contributed by atoms with van der Waals surface area (Å²) in [5.41, 5.74) is 6.69. The zero-order valence-corrected chi connectivity index (χ0v) is 14.4. The van der Waals surface area contributed by atoms with Gasteiger partial charge >= 0.3 is 0 Å². The fraction of sp³-hybridized carbons (Fsp3) is 0.588. The second kappa shape index (κ2) is 10.5. The summed E-state index contributed by atoms with van der Waals surface area (Å²) in [4.78, 5) is 12.4. The molecule has 1 aromatic rings. The molecule has 1 aliphatic carbocycles. The van der Waals surface area contributed by atoms with E-state index in [1.807, 2.05) is 24.3 Å². The highest BCUT2D eigenvalue weighted by atomic mass is 35.5. The number of para-hydroxylation sites is 2. The van der Waals surface area contributed by atoms with Crippen molar-refractivity contribution >= 4 is 24.0 Å². The number of nitrogens with one attached hydrogen (secondary N) is 1. The van der Waals surface area contributed by atoms with Gasteiger partial charge in [0.15, 0.2) is 0 Å². The number of amides is 1. The lowest BCUT2D eigenvalue weighted by molar-refractivity contribution is -0.120. The molecule has 1 aromatic carbocycles. The molecule has 23 heavy (non-hydrogen) atoms. The molecule has 1 saturated carbocycles. The summed E-state index contributed by atoms with van der Waals surface area (Å²) in [5.74, 6) is 0.750. The third-order valence-electron chi connectivity index (χ3n) is 3.98. The Morgan fingerprint density at radius 2 is 2.09 bits per heavy atom. The first-order valence-electron chi connectivity index (χ1n) is 7.98. The second-order valence-corrected chi connectivity index (χ2v) is 5.80. The minimum Gasteiger partial charge on any atom is -0.491 e. The first-order chi connectivity index (χ1) is 10.7. The highest BCUT2D eigenvalue weighted by Crippen LogP contribution is 2.28. The van der Waals surface area contributed by atoms with Gasteiger partial charge in [-0.2, -0.15) is 0 Å². The van der Waals surface area contributed by atoms with Crippen LogP contribution in [0.1, 0.15) is 32.1 Å². The maximum absolute atomic E-state index is 12.4. The summed E-state index contributed by atoms with van der Waals surface area (Å²) < 4.78 is 10.7. The van der Waals surface area contributed by atoms with E-state index < -0.39 is 0 Å². The molecule has 0 spiro atoms. The number of nitrogens with two attached hydrogens (primary N) is 1. The van der Waals surface area contributed by atoms with E-state index in [2.05, 4.69) is 5.32 Å². The summed E-state index contributed by atoms with van der Waals surface area (Å²) in [6.07, 6.45) is 4.53. The smallest absolute Gasteiger partial charge is 0.227 e. The molecule has 0 bridgehead atoms. The molecular formula is C17H27ClN2O3. The molecule has 1 amide bonds. The van der Waals surface area contributed by atoms with Crippen molar-refractivity contribution in [2.24, 2.45) is 11.7 Å². The lowest BCUT2D eigenvalue weighted by atomic mass is 9.85. The highest BCUT2D eigenvalue weighted by Gasteiger charge is 2.25. The van der Waals surface area contributed by atoms with Crippen LogP contribution in [-0.4, -0.2) is 32.3 Å². The van der Waals surface area contributed by atoms with E-state index in [0.29, 0.717) is 19.0 Å². The fourth-order valence-corrected chi connectivity index (χ4v) is 2.78. The molecule has 2 rings (SSSR count). The van der Waals surface area contributed by atoms with Crippen LogP contribution in [0, 0.1) is 5.92 Å². The number of ether oxygens (including phenoxy) is 2. The largest absolute Gasteiger partial charge is 0.491 e. The molecule has 1 fully saturated rings. The molecule has 3 N–H and O–H groups in total. The Morgan fingerprint density at radius 1 is 1.30 bits per heavy atom. The van der Waals surface area contributed by atoms with E-state index in [4.69, 9.17) is 15.2 Å². The standard InChI is InChI=1S/C17H26N2O3.ClH/c1-21-10-5-11-22-16-9-3-2-8-15(16)19-17(20)13-6-4-7-14(18)12-13;/h2-3,8-9,13-14H,4-7,10-12,18H2,1H3,(H,19,20);1H. The van der Waals surface area contributed by atoms with Gasteiger partial charge < -0.3 is 20.5 Å². The van der Waals surface area contributed by atoms with Crippen LogP contribution in [0.25, 0.3) is 0 Å². The first kappa shape index (κ1) is 19.7. The summed E-state index contributed by atoms with van der Waals surface area (Å²) in [7, 11) is 1.67. The number of methoxy groups -OCH3 is 1. The molecule has 2 unspecified atom stereocenters. The van der Waals surface area contributed by atoms with Crippen LogP contribution in [0.3, 0.4) is 0 Å². The summed E-state index contributed by atoms with van der Waals surface area (Å²) in [5, 5.41) is 2.99. The third-order valence-corrected chi connectivity index (χ3v) is 3.98. The van der Waals surface area contributed by atoms with E-state index in [-0.39, 0.29) is 30.3 Å². The van der Waals surface area contributed by atoms with E-state index >= 15 is 0 Å². The van der Waals surface area contributed by atoms with Crippen molar-refractivity contribution < 1.29 is 14.3 Å². The Hall–Kier alpha value is -1.30. The number of rotatable bonds is 7. The maximum Gasteiger partial charge on any atom is 0.227 e. The van der Waals surface area contributed by atoms with Crippen LogP contribution in [0.15, 0.2) is 24.3 Å². The Morgan fingerprint density at radius 3 is 2.83 bits per heavy atom. The van der Waals surface area contributed by atoms with E-state index in [1.54, 1.807) is 7.11 Å². The monoisotopic (exact) mass is 342 g/mol. The number of hydrogen-bond acceptors (Lipinski definition) is 4. The Labute approximate surface area is 144 Å². The summed E-state index contributed by atoms with van der Waals surface area (Å²) >= 11 is 0. The van der Waals surface area contributed by atoms with Crippen LogP contribution >= 0.6 is 12.4 Å². The number of benzene rings is 1. The fourth-order valence-electron chi connectivity index (χ4n) is 2.78. The Kier molecular flexibility index (Phi) is 8.99. The van der Waals surface area contributed by atoms with Crippen LogP contribution in [-0.2, 0) is 9.53 Å². The van der Waals surface area contributed by atoms with Crippen molar-refractivity contribution in [2.45, 2.75) is 38.1 Å². The number of anilines is 1. The van der Waals surface area contributed by atoms with Gasteiger partial charge in [-0.15, -0.1) is 12.4 Å². The van der Waals surface area contributed by atoms with Gasteiger partial charge in [-0.05, 0) is 31.4 Å². The minimum atomic E-state index is 0. The number of carbonyl (C=O) groups excluding carboxylic acids is 1. The molecule has 5 nitrogen and oxygen atoms in total. The predicted octanol–water partition coefficient (Wildman–Crippen LogP) is 2.98. The Bertz CT molecular complexity index is 485. The van der Waals surface area contributed by atoms with Gasteiger partial charge in [-0.25, -0.2) is 0 Å². The lowest BCUT2D eigenvalue weighted by Crippen LogP contribution is -2.34. The average molecular weight is 343 g/mol. The zero-order valence-electron chi connectivity index (χ0n) is 13.6. The molecule has 0 saturated heterocycles. The quantitative estimate of drug-likeness (QED) is 0.747. The molecule has 2 atom stereocenters. The molecule has 0 heterocycles. The van der Waals surface area contributed by atoms with Crippen LogP contribution < -0.4 is 15.8 Å². The number of hydrogen-bond donors (Lipinski definition) is 2. The van der Waals surface area contributed by atoms with Crippen LogP contribution in [0.2, 0.25) is 0 Å². The number of halogens is 1. The van der Waals surface area contributed by atoms with Crippen molar-refractivity contribution in [3.05, 3.63) is 24.3 Å². The van der Waals surface area contributed by atoms with Gasteiger partial charge in [-0.1, -0.05) is 18.6 Å². The second-order valence-electron chi connectivity index (χ2n) is 5.80. The third kappa shape index (κ3) is 6.37. The molecule has 130 valence electrons. The van der Waals surface area contributed by atoms with E-state index in [1.165, 1.54) is 0 Å². The predicted molar refractivity (Wildman–Crippen MR) is 94.2 cm³/mol. The zero-order chi connectivity index (χ0) is 15.8. The van der Waals surface area contributed by atoms with Gasteiger partial charge in [0.25, 0.3) is 0 Å². The molecule has 1 aliphatic rings. The minimum absolute atomic E-state index is 0. The van der Waals surface area contributed by atoms with Crippen LogP contribution in [0.5, 0.6) is 5.75 Å². The van der Waals surface area contributed by atoms with Gasteiger partial charge in [0.2, 0.25) is 5.91 Å². The molecule has 0 radical (unpaired) electrons. The maximum atomic E-state index is 12.4. The average Bonchev–Trinajstić information content (AvgIpc) is 2.53. The van der Waals surface area contributed by atoms with E-state index in [0.717, 1.165) is 37.8 Å². The lowest BCUT2D eigenvalue weighted by Gasteiger charge is -2.26. The van der Waals surface area contributed by atoms with Crippen molar-refractivity contribution in [2.75, 3.05) is 25.6 Å². The van der Waals surface area contributed by atoms with Gasteiger partial charge in [0, 0.05) is 32.1 Å². The molecular weight excluding hydrogens is 316 g/mol. The Balaban J connectivity index is 0.00000264. The highest BCUT2D eigenvalue weighted by molar-refractivity contribution is 5.94. The molecule has 6 heteroatoms. The molecule has 0 aliphatic heterocycles. The number of carbonyl (C=O) groups is 1. The van der Waals surface area contributed by atoms with Crippen molar-refractivity contribution in [3.63, 3.8) is 0 Å². The van der Waals surface area contributed by atoms with Gasteiger partial charge in [0.1, 0.15) is 5.75 Å². The van der Waals surface area contributed by atoms with Crippen molar-refractivity contribution in [1.29, 1.82) is 0 Å².